The van der Waals surface area contributed by atoms with Crippen molar-refractivity contribution in [1.29, 1.82) is 0 Å². The van der Waals surface area contributed by atoms with Crippen LogP contribution in [0, 0.1) is 0 Å². The van der Waals surface area contributed by atoms with Gasteiger partial charge >= 0.3 is 17.9 Å². The molecular formula is C74H128O6. The van der Waals surface area contributed by atoms with Crippen LogP contribution in [0.15, 0.2) is 97.2 Å². The molecule has 0 bridgehead atoms. The van der Waals surface area contributed by atoms with Crippen molar-refractivity contribution in [3.63, 3.8) is 0 Å². The van der Waals surface area contributed by atoms with Gasteiger partial charge in [-0.15, -0.1) is 0 Å². The zero-order valence-corrected chi connectivity index (χ0v) is 52.8. The molecule has 0 rings (SSSR count). The van der Waals surface area contributed by atoms with Crippen LogP contribution in [0.2, 0.25) is 0 Å². The predicted molar refractivity (Wildman–Crippen MR) is 348 cm³/mol. The Labute approximate surface area is 496 Å². The molecule has 0 fully saturated rings. The van der Waals surface area contributed by atoms with Gasteiger partial charge in [-0.2, -0.15) is 0 Å². The number of esters is 3. The second-order valence-electron chi connectivity index (χ2n) is 22.7. The van der Waals surface area contributed by atoms with Gasteiger partial charge in [0.1, 0.15) is 13.2 Å². The average Bonchev–Trinajstić information content (AvgIpc) is 3.46. The zero-order chi connectivity index (χ0) is 57.8. The molecule has 0 N–H and O–H groups in total. The van der Waals surface area contributed by atoms with E-state index in [1.54, 1.807) is 0 Å². The highest BCUT2D eigenvalue weighted by Gasteiger charge is 2.19. The van der Waals surface area contributed by atoms with Crippen molar-refractivity contribution >= 4 is 17.9 Å². The highest BCUT2D eigenvalue weighted by molar-refractivity contribution is 5.71. The van der Waals surface area contributed by atoms with Crippen LogP contribution in [0.4, 0.5) is 0 Å². The first-order chi connectivity index (χ1) is 39.5. The number of carbonyl (C=O) groups is 3. The van der Waals surface area contributed by atoms with Crippen molar-refractivity contribution in [3.8, 4) is 0 Å². The highest BCUT2D eigenvalue weighted by atomic mass is 16.6. The first-order valence-electron chi connectivity index (χ1n) is 34.2. The SMILES string of the molecule is CC/C=C\C/C=C\C/C=C\C/C=C\C/C=C\C/C=C\CCCCCCCCC(=O)OCC(COC(=O)CCCCCCC/C=C\C/C=C\CCCCC)OC(=O)CCCCCCCCCCCCCCCCCCCCCCCC. The normalized spacial score (nSPS) is 12.7. The third-order valence-electron chi connectivity index (χ3n) is 14.8. The van der Waals surface area contributed by atoms with Gasteiger partial charge in [0.2, 0.25) is 0 Å². The number of allylic oxidation sites excluding steroid dienone is 16. The summed E-state index contributed by atoms with van der Waals surface area (Å²) in [4.78, 5) is 38.4. The maximum atomic E-state index is 13.0. The minimum atomic E-state index is -0.791. The summed E-state index contributed by atoms with van der Waals surface area (Å²) in [5.74, 6) is -0.899. The van der Waals surface area contributed by atoms with Crippen LogP contribution in [-0.2, 0) is 28.6 Å². The fourth-order valence-electron chi connectivity index (χ4n) is 9.71. The van der Waals surface area contributed by atoms with Crippen LogP contribution < -0.4 is 0 Å². The van der Waals surface area contributed by atoms with Gasteiger partial charge in [-0.3, -0.25) is 14.4 Å². The van der Waals surface area contributed by atoms with E-state index in [1.165, 1.54) is 167 Å². The highest BCUT2D eigenvalue weighted by Crippen LogP contribution is 2.17. The quantitative estimate of drug-likeness (QED) is 0.0261. The van der Waals surface area contributed by atoms with Crippen molar-refractivity contribution in [2.24, 2.45) is 0 Å². The molecule has 0 radical (unpaired) electrons. The summed E-state index contributed by atoms with van der Waals surface area (Å²) in [7, 11) is 0. The van der Waals surface area contributed by atoms with Crippen LogP contribution in [0.5, 0.6) is 0 Å². The fourth-order valence-corrected chi connectivity index (χ4v) is 9.71. The molecule has 460 valence electrons. The Balaban J connectivity index is 4.37. The van der Waals surface area contributed by atoms with E-state index in [4.69, 9.17) is 14.2 Å². The number of unbranched alkanes of at least 4 members (excludes halogenated alkanes) is 35. The Morgan fingerprint density at radius 1 is 0.263 bits per heavy atom. The van der Waals surface area contributed by atoms with E-state index in [2.05, 4.69) is 118 Å². The van der Waals surface area contributed by atoms with Gasteiger partial charge in [0.25, 0.3) is 0 Å². The van der Waals surface area contributed by atoms with E-state index in [1.807, 2.05) is 0 Å². The van der Waals surface area contributed by atoms with Crippen LogP contribution in [0.1, 0.15) is 335 Å². The molecule has 6 nitrogen and oxygen atoms in total. The number of rotatable bonds is 62. The minimum Gasteiger partial charge on any atom is -0.462 e. The lowest BCUT2D eigenvalue weighted by molar-refractivity contribution is -0.167. The standard InChI is InChI=1S/C74H128O6/c1-4-7-10-13-16-19-22-25-28-30-32-34-36-37-38-40-41-43-46-49-52-55-58-61-64-67-73(76)79-70-71(69-78-72(75)66-63-60-57-54-51-48-45-27-24-21-18-15-12-9-6-3)80-74(77)68-65-62-59-56-53-50-47-44-42-39-35-33-31-29-26-23-20-17-14-11-8-5-2/h7,10,16,18-19,21,25,27-28,32,34,37-38,41,43,45,71H,4-6,8-9,11-15,17,20,22-24,26,29-31,33,35-36,39-40,42,44,46-70H2,1-3H3/b10-7-,19-16-,21-18-,28-25-,34-32-,38-37-,43-41-,45-27-. The Kier molecular flexibility index (Phi) is 64.7. The van der Waals surface area contributed by atoms with E-state index in [-0.39, 0.29) is 31.1 Å². The smallest absolute Gasteiger partial charge is 0.306 e. The second-order valence-corrected chi connectivity index (χ2v) is 22.7. The average molecular weight is 1110 g/mol. The summed E-state index contributed by atoms with van der Waals surface area (Å²) in [6.45, 7) is 6.52. The summed E-state index contributed by atoms with van der Waals surface area (Å²) in [5, 5.41) is 0. The molecule has 0 aliphatic heterocycles. The molecule has 0 aromatic rings. The van der Waals surface area contributed by atoms with Gasteiger partial charge in [0.15, 0.2) is 6.10 Å². The van der Waals surface area contributed by atoms with Gasteiger partial charge in [-0.25, -0.2) is 0 Å². The summed E-state index contributed by atoms with van der Waals surface area (Å²) in [6.07, 6.45) is 91.3. The minimum absolute atomic E-state index is 0.0873. The van der Waals surface area contributed by atoms with Crippen LogP contribution in [0.3, 0.4) is 0 Å². The summed E-state index contributed by atoms with van der Waals surface area (Å²) in [6, 6.07) is 0. The maximum absolute atomic E-state index is 13.0. The summed E-state index contributed by atoms with van der Waals surface area (Å²) in [5.41, 5.74) is 0. The molecule has 0 heterocycles. The molecule has 0 amide bonds. The molecule has 0 spiro atoms. The van der Waals surface area contributed by atoms with Crippen LogP contribution >= 0.6 is 0 Å². The monoisotopic (exact) mass is 1110 g/mol. The van der Waals surface area contributed by atoms with Crippen molar-refractivity contribution in [3.05, 3.63) is 97.2 Å². The number of carbonyl (C=O) groups excluding carboxylic acids is 3. The third kappa shape index (κ3) is 65.1. The molecule has 0 aliphatic carbocycles. The predicted octanol–water partition coefficient (Wildman–Crippen LogP) is 23.6. The molecule has 0 saturated heterocycles. The van der Waals surface area contributed by atoms with E-state index >= 15 is 0 Å². The van der Waals surface area contributed by atoms with E-state index in [9.17, 15) is 14.4 Å². The Morgan fingerprint density at radius 2 is 0.487 bits per heavy atom. The van der Waals surface area contributed by atoms with Crippen molar-refractivity contribution in [1.82, 2.24) is 0 Å². The number of hydrogen-bond donors (Lipinski definition) is 0. The van der Waals surface area contributed by atoms with Gasteiger partial charge in [-0.05, 0) is 103 Å². The molecule has 1 atom stereocenters. The van der Waals surface area contributed by atoms with Gasteiger partial charge in [0, 0.05) is 19.3 Å². The van der Waals surface area contributed by atoms with Gasteiger partial charge in [0.05, 0.1) is 0 Å². The summed E-state index contributed by atoms with van der Waals surface area (Å²) < 4.78 is 17.0. The first-order valence-corrected chi connectivity index (χ1v) is 34.2. The van der Waals surface area contributed by atoms with Crippen molar-refractivity contribution in [2.45, 2.75) is 341 Å². The van der Waals surface area contributed by atoms with E-state index < -0.39 is 6.10 Å². The molecule has 1 unspecified atom stereocenters. The van der Waals surface area contributed by atoms with Gasteiger partial charge < -0.3 is 14.2 Å². The Bertz CT molecular complexity index is 1560. The Morgan fingerprint density at radius 3 is 0.787 bits per heavy atom. The first kappa shape index (κ1) is 76.3. The molecule has 0 saturated carbocycles. The fraction of sp³-hybridized carbons (Fsp3) is 0.743. The lowest BCUT2D eigenvalue weighted by atomic mass is 10.0. The molecule has 0 aromatic heterocycles. The van der Waals surface area contributed by atoms with E-state index in [0.29, 0.717) is 19.3 Å². The topological polar surface area (TPSA) is 78.9 Å². The van der Waals surface area contributed by atoms with Crippen LogP contribution in [-0.4, -0.2) is 37.2 Å². The van der Waals surface area contributed by atoms with Crippen molar-refractivity contribution in [2.75, 3.05) is 13.2 Å². The molecular weight excluding hydrogens is 985 g/mol. The number of ether oxygens (including phenoxy) is 3. The molecule has 0 aromatic carbocycles. The van der Waals surface area contributed by atoms with Gasteiger partial charge in [-0.1, -0.05) is 311 Å². The molecule has 6 heteroatoms. The molecule has 80 heavy (non-hydrogen) atoms. The second kappa shape index (κ2) is 67.8. The zero-order valence-electron chi connectivity index (χ0n) is 52.8. The largest absolute Gasteiger partial charge is 0.462 e. The Hall–Kier alpha value is -3.67. The van der Waals surface area contributed by atoms with E-state index in [0.717, 1.165) is 128 Å². The molecule has 0 aliphatic rings. The van der Waals surface area contributed by atoms with Crippen molar-refractivity contribution < 1.29 is 28.6 Å². The van der Waals surface area contributed by atoms with Crippen LogP contribution in [0.25, 0.3) is 0 Å². The maximum Gasteiger partial charge on any atom is 0.306 e. The number of hydrogen-bond acceptors (Lipinski definition) is 6. The third-order valence-corrected chi connectivity index (χ3v) is 14.8. The lowest BCUT2D eigenvalue weighted by Crippen LogP contribution is -2.30. The lowest BCUT2D eigenvalue weighted by Gasteiger charge is -2.18. The summed E-state index contributed by atoms with van der Waals surface area (Å²) >= 11 is 0.